The molecule has 3 aromatic carbocycles. The van der Waals surface area contributed by atoms with E-state index < -0.39 is 17.6 Å². The van der Waals surface area contributed by atoms with E-state index in [1.807, 2.05) is 18.2 Å². The van der Waals surface area contributed by atoms with Crippen LogP contribution in [0.25, 0.3) is 10.8 Å². The summed E-state index contributed by atoms with van der Waals surface area (Å²) in [5.74, 6) is -1.69. The van der Waals surface area contributed by atoms with Gasteiger partial charge in [0.1, 0.15) is 17.7 Å². The summed E-state index contributed by atoms with van der Waals surface area (Å²) in [4.78, 5) is 0. The molecule has 0 amide bonds. The average Bonchev–Trinajstić information content (AvgIpc) is 2.85. The third-order valence-electron chi connectivity index (χ3n) is 6.28. The van der Waals surface area contributed by atoms with Gasteiger partial charge in [0, 0.05) is 18.4 Å². The molecule has 0 bridgehead atoms. The Morgan fingerprint density at radius 1 is 0.889 bits per heavy atom. The number of halogens is 5. The van der Waals surface area contributed by atoms with Crippen molar-refractivity contribution in [2.24, 2.45) is 0 Å². The quantitative estimate of drug-likeness (QED) is 0.291. The van der Waals surface area contributed by atoms with E-state index in [0.29, 0.717) is 49.2 Å². The van der Waals surface area contributed by atoms with Gasteiger partial charge >= 0.3 is 6.18 Å². The first-order valence-electron chi connectivity index (χ1n) is 12.1. The molecule has 1 saturated heterocycles. The van der Waals surface area contributed by atoms with E-state index >= 15 is 4.39 Å². The molecular weight excluding hydrogens is 479 g/mol. The van der Waals surface area contributed by atoms with Gasteiger partial charge in [-0.2, -0.15) is 13.2 Å². The first kappa shape index (κ1) is 26.5. The fourth-order valence-corrected chi connectivity index (χ4v) is 4.32. The highest BCUT2D eigenvalue weighted by Crippen LogP contribution is 2.32. The van der Waals surface area contributed by atoms with E-state index in [2.05, 4.69) is 6.92 Å². The van der Waals surface area contributed by atoms with Crippen LogP contribution in [-0.4, -0.2) is 32.2 Å². The van der Waals surface area contributed by atoms with Gasteiger partial charge in [0.05, 0.1) is 18.8 Å². The summed E-state index contributed by atoms with van der Waals surface area (Å²) >= 11 is 0. The molecule has 1 fully saturated rings. The molecule has 0 N–H and O–H groups in total. The van der Waals surface area contributed by atoms with E-state index in [1.165, 1.54) is 6.07 Å². The normalized spacial score (nSPS) is 18.6. The van der Waals surface area contributed by atoms with Crippen LogP contribution in [0.4, 0.5) is 22.0 Å². The molecule has 3 aromatic rings. The number of aryl methyl sites for hydroxylation is 3. The van der Waals surface area contributed by atoms with Gasteiger partial charge in [0.2, 0.25) is 0 Å². The molecule has 1 aliphatic rings. The number of fused-ring (bicyclic) bond motifs is 1. The van der Waals surface area contributed by atoms with Crippen LogP contribution in [0, 0.1) is 11.6 Å². The number of hydrogen-bond donors (Lipinski definition) is 0. The lowest BCUT2D eigenvalue weighted by atomic mass is 9.97. The summed E-state index contributed by atoms with van der Waals surface area (Å²) in [6.07, 6.45) is -2.26. The first-order chi connectivity index (χ1) is 17.2. The third kappa shape index (κ3) is 6.60. The fraction of sp³-hybridized carbons (Fsp3) is 0.429. The van der Waals surface area contributed by atoms with E-state index in [-0.39, 0.29) is 31.1 Å². The van der Waals surface area contributed by atoms with Crippen molar-refractivity contribution in [2.75, 3.05) is 19.8 Å². The van der Waals surface area contributed by atoms with Crippen LogP contribution in [0.3, 0.4) is 0 Å². The highest BCUT2D eigenvalue weighted by molar-refractivity contribution is 5.84. The zero-order valence-electron chi connectivity index (χ0n) is 20.0. The summed E-state index contributed by atoms with van der Waals surface area (Å²) in [5, 5.41) is 1.23. The minimum absolute atomic E-state index is 0.0303. The van der Waals surface area contributed by atoms with Gasteiger partial charge in [0.15, 0.2) is 6.29 Å². The highest BCUT2D eigenvalue weighted by Gasteiger charge is 2.33. The van der Waals surface area contributed by atoms with Gasteiger partial charge in [-0.1, -0.05) is 43.3 Å². The fourth-order valence-electron chi connectivity index (χ4n) is 4.32. The zero-order valence-corrected chi connectivity index (χ0v) is 20.0. The van der Waals surface area contributed by atoms with E-state index in [1.54, 1.807) is 12.1 Å². The monoisotopic (exact) mass is 508 g/mol. The van der Waals surface area contributed by atoms with Gasteiger partial charge in [-0.25, -0.2) is 8.78 Å². The molecule has 1 aliphatic heterocycles. The highest BCUT2D eigenvalue weighted by atomic mass is 19.4. The number of rotatable bonds is 9. The second-order valence-corrected chi connectivity index (χ2v) is 9.03. The Morgan fingerprint density at radius 2 is 1.61 bits per heavy atom. The summed E-state index contributed by atoms with van der Waals surface area (Å²) in [7, 11) is 0. The lowest BCUT2D eigenvalue weighted by Crippen LogP contribution is -2.37. The topological polar surface area (TPSA) is 27.7 Å². The molecule has 0 radical (unpaired) electrons. The van der Waals surface area contributed by atoms with Gasteiger partial charge in [0.25, 0.3) is 0 Å². The summed E-state index contributed by atoms with van der Waals surface area (Å²) in [6.45, 7) is 3.76. The van der Waals surface area contributed by atoms with Crippen LogP contribution in [0.1, 0.15) is 42.0 Å². The average molecular weight is 509 g/mol. The molecule has 194 valence electrons. The van der Waals surface area contributed by atoms with Crippen LogP contribution in [0.2, 0.25) is 0 Å². The van der Waals surface area contributed by atoms with Gasteiger partial charge < -0.3 is 14.2 Å². The van der Waals surface area contributed by atoms with Crippen molar-refractivity contribution in [1.82, 2.24) is 0 Å². The zero-order chi connectivity index (χ0) is 25.7. The molecule has 4 rings (SSSR count). The lowest BCUT2D eigenvalue weighted by Gasteiger charge is -2.29. The van der Waals surface area contributed by atoms with Crippen molar-refractivity contribution in [3.8, 4) is 0 Å². The molecule has 0 unspecified atom stereocenters. The predicted octanol–water partition coefficient (Wildman–Crippen LogP) is 7.02. The molecule has 0 atom stereocenters. The van der Waals surface area contributed by atoms with Crippen molar-refractivity contribution in [2.45, 2.75) is 57.6 Å². The van der Waals surface area contributed by atoms with Gasteiger partial charge in [-0.15, -0.1) is 0 Å². The van der Waals surface area contributed by atoms with Gasteiger partial charge in [-0.05, 0) is 59.9 Å². The second-order valence-electron chi connectivity index (χ2n) is 9.03. The van der Waals surface area contributed by atoms with Crippen LogP contribution < -0.4 is 0 Å². The SMILES string of the molecule is CCCOC1COC(CCc2ccc3c(F)c(CCc4ccc(C(F)(F)F)c(F)c4)ccc3c2)OC1. The van der Waals surface area contributed by atoms with Crippen LogP contribution in [0.15, 0.2) is 48.5 Å². The standard InChI is InChI=1S/C28H29F5O3/c1-2-13-34-22-16-35-26(36-17-22)12-6-18-4-10-23-21(14-18)9-8-20(27(23)30)7-3-19-5-11-24(25(29)15-19)28(31,32)33/h4-5,8-11,14-15,22,26H,2-3,6-7,12-13,16-17H2,1H3. The van der Waals surface area contributed by atoms with Crippen LogP contribution in [-0.2, 0) is 39.6 Å². The van der Waals surface area contributed by atoms with Crippen LogP contribution in [0.5, 0.6) is 0 Å². The number of ether oxygens (including phenoxy) is 3. The molecule has 0 saturated carbocycles. The molecule has 1 heterocycles. The Bertz CT molecular complexity index is 1170. The Morgan fingerprint density at radius 3 is 2.31 bits per heavy atom. The smallest absolute Gasteiger partial charge is 0.373 e. The molecule has 36 heavy (non-hydrogen) atoms. The molecular formula is C28H29F5O3. The molecule has 0 aromatic heterocycles. The maximum atomic E-state index is 15.1. The minimum atomic E-state index is -4.74. The van der Waals surface area contributed by atoms with E-state index in [4.69, 9.17) is 14.2 Å². The summed E-state index contributed by atoms with van der Waals surface area (Å²) in [5.41, 5.74) is 0.544. The number of hydrogen-bond acceptors (Lipinski definition) is 3. The molecule has 0 spiro atoms. The van der Waals surface area contributed by atoms with Crippen LogP contribution >= 0.6 is 0 Å². The summed E-state index contributed by atoms with van der Waals surface area (Å²) in [6, 6.07) is 11.9. The second kappa shape index (κ2) is 11.7. The first-order valence-corrected chi connectivity index (χ1v) is 12.1. The number of benzene rings is 3. The van der Waals surface area contributed by atoms with Crippen molar-refractivity contribution in [3.63, 3.8) is 0 Å². The predicted molar refractivity (Wildman–Crippen MR) is 127 cm³/mol. The molecule has 3 nitrogen and oxygen atoms in total. The molecule has 0 aliphatic carbocycles. The Balaban J connectivity index is 1.35. The Kier molecular flexibility index (Phi) is 8.59. The Labute approximate surface area is 207 Å². The largest absolute Gasteiger partial charge is 0.419 e. The third-order valence-corrected chi connectivity index (χ3v) is 6.28. The number of alkyl halides is 3. The van der Waals surface area contributed by atoms with E-state index in [0.717, 1.165) is 29.5 Å². The molecule has 8 heteroatoms. The van der Waals surface area contributed by atoms with Crippen molar-refractivity contribution in [3.05, 3.63) is 82.4 Å². The minimum Gasteiger partial charge on any atom is -0.373 e. The maximum absolute atomic E-state index is 15.1. The summed E-state index contributed by atoms with van der Waals surface area (Å²) < 4.78 is 84.3. The maximum Gasteiger partial charge on any atom is 0.419 e. The van der Waals surface area contributed by atoms with Crippen molar-refractivity contribution >= 4 is 10.8 Å². The lowest BCUT2D eigenvalue weighted by molar-refractivity contribution is -0.227. The van der Waals surface area contributed by atoms with Crippen molar-refractivity contribution in [1.29, 1.82) is 0 Å². The van der Waals surface area contributed by atoms with Crippen molar-refractivity contribution < 1.29 is 36.2 Å². The van der Waals surface area contributed by atoms with Gasteiger partial charge in [-0.3, -0.25) is 0 Å². The van der Waals surface area contributed by atoms with E-state index in [9.17, 15) is 17.6 Å². The Hall–Kier alpha value is -2.55.